The number of fused-ring (bicyclic) bond motifs is 1. The van der Waals surface area contributed by atoms with Gasteiger partial charge in [-0.2, -0.15) is 0 Å². The molecule has 10 heteroatoms. The van der Waals surface area contributed by atoms with E-state index < -0.39 is 12.0 Å². The first-order valence-corrected chi connectivity index (χ1v) is 14.2. The first-order chi connectivity index (χ1) is 17.1. The summed E-state index contributed by atoms with van der Waals surface area (Å²) < 4.78 is 14.8. The number of carbonyl (C=O) groups excluding carboxylic acids is 1. The molecule has 0 bridgehead atoms. The van der Waals surface area contributed by atoms with E-state index in [0.29, 0.717) is 39.1 Å². The zero-order chi connectivity index (χ0) is 26.1. The number of ether oxygens (including phenoxy) is 2. The molecule has 1 aliphatic heterocycles. The van der Waals surface area contributed by atoms with Crippen LogP contribution in [0.4, 0.5) is 0 Å². The van der Waals surface area contributed by atoms with Crippen LogP contribution in [0.3, 0.4) is 0 Å². The molecule has 0 saturated carbocycles. The maximum absolute atomic E-state index is 13.8. The standard InChI is InChI=1S/C26H24I2N2O5S/c1-5-34-25(33)21-14(4)29-26-30(22(21)16-8-6-7-9-19(16)35-13(2)3)24(32)20(36-26)12-15-10-17(27)23(31)18(28)11-15/h6-13,22,31H,5H2,1-4H3/b20-12+/t22-/m1/s1. The maximum Gasteiger partial charge on any atom is 0.338 e. The highest BCUT2D eigenvalue weighted by Gasteiger charge is 2.35. The summed E-state index contributed by atoms with van der Waals surface area (Å²) in [5.41, 5.74) is 2.01. The average Bonchev–Trinajstić information content (AvgIpc) is 3.11. The molecule has 0 spiro atoms. The minimum atomic E-state index is -0.752. The Morgan fingerprint density at radius 1 is 1.25 bits per heavy atom. The van der Waals surface area contributed by atoms with Crippen molar-refractivity contribution in [1.29, 1.82) is 0 Å². The normalized spacial score (nSPS) is 15.6. The molecule has 2 heterocycles. The number of benzene rings is 2. The van der Waals surface area contributed by atoms with Crippen molar-refractivity contribution in [1.82, 2.24) is 4.57 Å². The van der Waals surface area contributed by atoms with Crippen LogP contribution in [0, 0.1) is 7.14 Å². The van der Waals surface area contributed by atoms with Crippen LogP contribution in [0.15, 0.2) is 57.5 Å². The maximum atomic E-state index is 13.8. The number of phenolic OH excluding ortho intramolecular Hbond substituents is 1. The van der Waals surface area contributed by atoms with Gasteiger partial charge in [0.25, 0.3) is 5.56 Å². The van der Waals surface area contributed by atoms with Crippen molar-refractivity contribution in [2.45, 2.75) is 39.8 Å². The molecule has 36 heavy (non-hydrogen) atoms. The Hall–Kier alpha value is -2.19. The van der Waals surface area contributed by atoms with Crippen LogP contribution in [0.1, 0.15) is 44.9 Å². The van der Waals surface area contributed by atoms with Gasteiger partial charge in [-0.1, -0.05) is 29.5 Å². The monoisotopic (exact) mass is 730 g/mol. The lowest BCUT2D eigenvalue weighted by Crippen LogP contribution is -2.40. The van der Waals surface area contributed by atoms with E-state index in [9.17, 15) is 14.7 Å². The van der Waals surface area contributed by atoms with E-state index in [1.807, 2.05) is 50.2 Å². The zero-order valence-electron chi connectivity index (χ0n) is 20.0. The summed E-state index contributed by atoms with van der Waals surface area (Å²) in [6, 6.07) is 10.3. The molecule has 4 rings (SSSR count). The molecule has 0 radical (unpaired) electrons. The molecule has 2 aromatic carbocycles. The van der Waals surface area contributed by atoms with Gasteiger partial charge in [0.2, 0.25) is 0 Å². The quantitative estimate of drug-likeness (QED) is 0.298. The summed E-state index contributed by atoms with van der Waals surface area (Å²) in [4.78, 5) is 32.1. The number of phenols is 1. The zero-order valence-corrected chi connectivity index (χ0v) is 25.2. The number of halogens is 2. The van der Waals surface area contributed by atoms with Crippen molar-refractivity contribution < 1.29 is 19.4 Å². The fourth-order valence-electron chi connectivity index (χ4n) is 3.97. The van der Waals surface area contributed by atoms with Gasteiger partial charge in [-0.25, -0.2) is 9.79 Å². The minimum Gasteiger partial charge on any atom is -0.506 e. The molecule has 1 N–H and O–H groups in total. The van der Waals surface area contributed by atoms with Crippen molar-refractivity contribution >= 4 is 68.6 Å². The predicted octanol–water partition coefficient (Wildman–Crippen LogP) is 4.50. The molecular weight excluding hydrogens is 706 g/mol. The number of rotatable bonds is 6. The van der Waals surface area contributed by atoms with E-state index in [1.165, 1.54) is 11.3 Å². The highest BCUT2D eigenvalue weighted by atomic mass is 127. The highest BCUT2D eigenvalue weighted by molar-refractivity contribution is 14.1. The number of aromatic nitrogens is 1. The molecular formula is C26H24I2N2O5S. The van der Waals surface area contributed by atoms with Crippen LogP contribution in [0.5, 0.6) is 11.5 Å². The van der Waals surface area contributed by atoms with Gasteiger partial charge < -0.3 is 14.6 Å². The summed E-state index contributed by atoms with van der Waals surface area (Å²) in [6.45, 7) is 7.56. The van der Waals surface area contributed by atoms with Gasteiger partial charge in [0.1, 0.15) is 17.5 Å². The van der Waals surface area contributed by atoms with E-state index in [-0.39, 0.29) is 24.0 Å². The lowest BCUT2D eigenvalue weighted by Gasteiger charge is -2.26. The van der Waals surface area contributed by atoms with E-state index in [1.54, 1.807) is 24.5 Å². The largest absolute Gasteiger partial charge is 0.506 e. The summed E-state index contributed by atoms with van der Waals surface area (Å²) in [5, 5.41) is 10.1. The second kappa shape index (κ2) is 11.1. The molecule has 1 aliphatic rings. The van der Waals surface area contributed by atoms with Crippen LogP contribution < -0.4 is 19.6 Å². The van der Waals surface area contributed by atoms with Gasteiger partial charge in [-0.05, 0) is 103 Å². The Morgan fingerprint density at radius 2 is 1.92 bits per heavy atom. The van der Waals surface area contributed by atoms with Crippen molar-refractivity contribution in [2.24, 2.45) is 4.99 Å². The molecule has 0 aliphatic carbocycles. The second-order valence-corrected chi connectivity index (χ2v) is 11.7. The fourth-order valence-corrected chi connectivity index (χ4v) is 6.84. The van der Waals surface area contributed by atoms with Crippen LogP contribution in [-0.2, 0) is 9.53 Å². The molecule has 0 saturated heterocycles. The predicted molar refractivity (Wildman–Crippen MR) is 156 cm³/mol. The molecule has 7 nitrogen and oxygen atoms in total. The number of thiazole rings is 1. The Balaban J connectivity index is 1.99. The summed E-state index contributed by atoms with van der Waals surface area (Å²) in [7, 11) is 0. The van der Waals surface area contributed by atoms with Crippen molar-refractivity contribution in [3.05, 3.63) is 85.6 Å². The third kappa shape index (κ3) is 5.25. The van der Waals surface area contributed by atoms with Gasteiger partial charge >= 0.3 is 5.97 Å². The number of para-hydroxylation sites is 1. The number of hydrogen-bond donors (Lipinski definition) is 1. The Labute approximate surface area is 239 Å². The number of allylic oxidation sites excluding steroid dienone is 1. The molecule has 3 aromatic rings. The first-order valence-electron chi connectivity index (χ1n) is 11.3. The Bertz CT molecular complexity index is 1530. The topological polar surface area (TPSA) is 90.1 Å². The van der Waals surface area contributed by atoms with Crippen molar-refractivity contribution in [3.63, 3.8) is 0 Å². The number of hydrogen-bond acceptors (Lipinski definition) is 7. The minimum absolute atomic E-state index is 0.0995. The highest BCUT2D eigenvalue weighted by Crippen LogP contribution is 2.36. The van der Waals surface area contributed by atoms with Gasteiger partial charge in [0.05, 0.1) is 35.7 Å². The van der Waals surface area contributed by atoms with Crippen LogP contribution >= 0.6 is 56.5 Å². The summed E-state index contributed by atoms with van der Waals surface area (Å²) >= 11 is 5.38. The van der Waals surface area contributed by atoms with Crippen LogP contribution in [0.2, 0.25) is 0 Å². The molecule has 0 amide bonds. The lowest BCUT2D eigenvalue weighted by molar-refractivity contribution is -0.139. The Kier molecular flexibility index (Phi) is 8.25. The lowest BCUT2D eigenvalue weighted by atomic mass is 9.95. The van der Waals surface area contributed by atoms with E-state index in [4.69, 9.17) is 9.47 Å². The number of esters is 1. The number of aromatic hydroxyl groups is 1. The van der Waals surface area contributed by atoms with Crippen LogP contribution in [0.25, 0.3) is 6.08 Å². The van der Waals surface area contributed by atoms with Gasteiger partial charge in [0.15, 0.2) is 4.80 Å². The van der Waals surface area contributed by atoms with Gasteiger partial charge in [-0.15, -0.1) is 0 Å². The summed E-state index contributed by atoms with van der Waals surface area (Å²) in [5.74, 6) is 0.289. The molecule has 0 unspecified atom stereocenters. The summed E-state index contributed by atoms with van der Waals surface area (Å²) in [6.07, 6.45) is 1.68. The molecule has 1 aromatic heterocycles. The third-order valence-corrected chi connectivity index (χ3v) is 8.06. The molecule has 188 valence electrons. The van der Waals surface area contributed by atoms with E-state index in [2.05, 4.69) is 50.2 Å². The number of carbonyl (C=O) groups is 1. The average molecular weight is 730 g/mol. The third-order valence-electron chi connectivity index (χ3n) is 5.43. The molecule has 0 fully saturated rings. The Morgan fingerprint density at radius 3 is 2.56 bits per heavy atom. The van der Waals surface area contributed by atoms with Crippen LogP contribution in [-0.4, -0.2) is 28.4 Å². The van der Waals surface area contributed by atoms with E-state index in [0.717, 1.165) is 5.56 Å². The fraction of sp³-hybridized carbons (Fsp3) is 0.269. The smallest absolute Gasteiger partial charge is 0.338 e. The van der Waals surface area contributed by atoms with Crippen molar-refractivity contribution in [3.8, 4) is 11.5 Å². The van der Waals surface area contributed by atoms with Gasteiger partial charge in [-0.3, -0.25) is 9.36 Å². The van der Waals surface area contributed by atoms with Crippen molar-refractivity contribution in [2.75, 3.05) is 6.61 Å². The van der Waals surface area contributed by atoms with Gasteiger partial charge in [0, 0.05) is 5.56 Å². The SMILES string of the molecule is CCOC(=O)C1=C(C)N=c2s/c(=C/c3cc(I)c(O)c(I)c3)c(=O)n2[C@@H]1c1ccccc1OC(C)C. The first kappa shape index (κ1) is 26.9. The van der Waals surface area contributed by atoms with E-state index >= 15 is 0 Å². The molecule has 1 atom stereocenters. The number of nitrogens with zero attached hydrogens (tertiary/aromatic N) is 2. The second-order valence-electron chi connectivity index (χ2n) is 8.34.